The number of H-pyrrole nitrogens is 1. The second-order valence-electron chi connectivity index (χ2n) is 19.7. The Morgan fingerprint density at radius 3 is 1.85 bits per heavy atom. The van der Waals surface area contributed by atoms with E-state index in [9.17, 15) is 19.6 Å². The maximum absolute atomic E-state index is 13.7. The summed E-state index contributed by atoms with van der Waals surface area (Å²) in [6.07, 6.45) is 16.9. The first-order valence-electron chi connectivity index (χ1n) is 26.9. The molecule has 3 aromatic carbocycles. The van der Waals surface area contributed by atoms with Crippen LogP contribution in [0, 0.1) is 17.2 Å². The van der Waals surface area contributed by atoms with Gasteiger partial charge in [0, 0.05) is 43.2 Å². The number of benzene rings is 3. The van der Waals surface area contributed by atoms with E-state index < -0.39 is 49.7 Å². The summed E-state index contributed by atoms with van der Waals surface area (Å²) >= 11 is 0. The fraction of sp³-hybridized carbons (Fsp3) is 0.586. The number of methoxy groups -OCH3 is 2. The molecule has 14 nitrogen and oxygen atoms in total. The minimum absolute atomic E-state index is 0.00211. The average Bonchev–Trinajstić information content (AvgIpc) is 3.72. The summed E-state index contributed by atoms with van der Waals surface area (Å²) in [6, 6.07) is 29.1. The van der Waals surface area contributed by atoms with Gasteiger partial charge in [-0.25, -0.2) is 9.46 Å². The van der Waals surface area contributed by atoms with Gasteiger partial charge in [0.1, 0.15) is 35.5 Å². The van der Waals surface area contributed by atoms with E-state index in [1.165, 1.54) is 81.0 Å². The van der Waals surface area contributed by atoms with Gasteiger partial charge in [0.2, 0.25) is 5.91 Å². The fourth-order valence-electron chi connectivity index (χ4n) is 9.92. The van der Waals surface area contributed by atoms with E-state index in [0.717, 1.165) is 36.0 Å². The lowest BCUT2D eigenvalue weighted by Gasteiger charge is -2.39. The van der Waals surface area contributed by atoms with E-state index in [-0.39, 0.29) is 37.6 Å². The first kappa shape index (κ1) is 59.0. The summed E-state index contributed by atoms with van der Waals surface area (Å²) in [4.78, 5) is 41.8. The van der Waals surface area contributed by atoms with Crippen LogP contribution in [0.25, 0.3) is 0 Å². The van der Waals surface area contributed by atoms with Crippen LogP contribution >= 0.6 is 8.53 Å². The molecule has 4 aromatic rings. The van der Waals surface area contributed by atoms with E-state index >= 15 is 0 Å². The zero-order valence-corrected chi connectivity index (χ0v) is 45.6. The monoisotopic (exact) mass is 1030 g/mol. The zero-order valence-electron chi connectivity index (χ0n) is 44.7. The quantitative estimate of drug-likeness (QED) is 0.0256. The van der Waals surface area contributed by atoms with Crippen molar-refractivity contribution in [3.63, 3.8) is 0 Å². The average molecular weight is 1030 g/mol. The predicted octanol–water partition coefficient (Wildman–Crippen LogP) is 12.1. The molecule has 15 heteroatoms. The maximum atomic E-state index is 13.7. The molecule has 1 fully saturated rings. The van der Waals surface area contributed by atoms with E-state index in [4.69, 9.17) is 28.0 Å². The van der Waals surface area contributed by atoms with Crippen molar-refractivity contribution in [1.82, 2.24) is 19.5 Å². The molecule has 1 amide bonds. The highest BCUT2D eigenvalue weighted by atomic mass is 31.2. The van der Waals surface area contributed by atoms with Crippen LogP contribution in [0.4, 0.5) is 0 Å². The number of nitrogens with one attached hydrogen (secondary N) is 2. The number of aromatic nitrogens is 2. The number of rotatable bonds is 35. The third kappa shape index (κ3) is 17.6. The van der Waals surface area contributed by atoms with Gasteiger partial charge in [-0.3, -0.25) is 19.1 Å². The van der Waals surface area contributed by atoms with Crippen molar-refractivity contribution in [2.45, 2.75) is 180 Å². The van der Waals surface area contributed by atoms with Crippen LogP contribution in [0.15, 0.2) is 101 Å². The lowest BCUT2D eigenvalue weighted by molar-refractivity contribution is -0.121. The van der Waals surface area contributed by atoms with Crippen molar-refractivity contribution in [3.8, 4) is 17.6 Å². The van der Waals surface area contributed by atoms with Crippen molar-refractivity contribution in [2.24, 2.45) is 5.92 Å². The highest BCUT2D eigenvalue weighted by molar-refractivity contribution is 7.44. The SMILES string of the molecule is CCCCCCCCCCCCCCCC(=O)NCCC[C@@H]1[C@H](OP(OCCC#N)N(C(C)C)C(C)C)[C@@H](COC(c2ccccc2)(c2ccc(OC)cc2)c2ccc(OC)cc2)O[C@H]1n1ccc(=O)[nH]c1=O. The molecule has 1 aromatic heterocycles. The van der Waals surface area contributed by atoms with Crippen molar-refractivity contribution >= 4 is 14.4 Å². The van der Waals surface area contributed by atoms with Gasteiger partial charge in [-0.05, 0) is 87.9 Å². The summed E-state index contributed by atoms with van der Waals surface area (Å²) in [5, 5.41) is 12.7. The Kier molecular flexibility index (Phi) is 25.7. The lowest BCUT2D eigenvalue weighted by Crippen LogP contribution is -2.41. The molecule has 1 aliphatic rings. The number of ether oxygens (including phenoxy) is 4. The Hall–Kier alpha value is -4.87. The summed E-state index contributed by atoms with van der Waals surface area (Å²) in [7, 11) is 1.45. The zero-order chi connectivity index (χ0) is 52.4. The van der Waals surface area contributed by atoms with Gasteiger partial charge >= 0.3 is 5.69 Å². The van der Waals surface area contributed by atoms with Gasteiger partial charge in [-0.2, -0.15) is 5.26 Å². The number of nitriles is 1. The first-order valence-corrected chi connectivity index (χ1v) is 28.1. The topological polar surface area (TPSA) is 166 Å². The van der Waals surface area contributed by atoms with Gasteiger partial charge in [0.15, 0.2) is 0 Å². The number of aromatic amines is 1. The summed E-state index contributed by atoms with van der Waals surface area (Å²) < 4.78 is 43.1. The smallest absolute Gasteiger partial charge is 0.330 e. The molecule has 2 heterocycles. The Balaban J connectivity index is 1.43. The molecule has 1 aliphatic heterocycles. The normalized spacial score (nSPS) is 17.3. The van der Waals surface area contributed by atoms with E-state index in [1.54, 1.807) is 14.2 Å². The van der Waals surface area contributed by atoms with Gasteiger partial charge in [0.25, 0.3) is 14.1 Å². The number of carbonyl (C=O) groups is 1. The number of unbranched alkanes of at least 4 members (excludes halogenated alkanes) is 12. The van der Waals surface area contributed by atoms with Crippen LogP contribution in [0.1, 0.15) is 167 Å². The minimum atomic E-state index is -1.81. The Bertz CT molecular complexity index is 2280. The third-order valence-electron chi connectivity index (χ3n) is 13.6. The summed E-state index contributed by atoms with van der Waals surface area (Å²) in [5.41, 5.74) is 0.153. The van der Waals surface area contributed by atoms with Crippen LogP contribution in [0.2, 0.25) is 0 Å². The second kappa shape index (κ2) is 31.8. The highest BCUT2D eigenvalue weighted by Crippen LogP contribution is 2.53. The molecule has 0 radical (unpaired) electrons. The molecule has 73 heavy (non-hydrogen) atoms. The van der Waals surface area contributed by atoms with Gasteiger partial charge in [-0.1, -0.05) is 139 Å². The Labute approximate surface area is 436 Å². The third-order valence-corrected chi connectivity index (χ3v) is 15.8. The molecule has 1 saturated heterocycles. The Morgan fingerprint density at radius 2 is 1.33 bits per heavy atom. The molecular weight excluding hydrogens is 942 g/mol. The maximum Gasteiger partial charge on any atom is 0.330 e. The highest BCUT2D eigenvalue weighted by Gasteiger charge is 2.50. The van der Waals surface area contributed by atoms with Crippen molar-refractivity contribution in [2.75, 3.05) is 34.0 Å². The predicted molar refractivity (Wildman–Crippen MR) is 290 cm³/mol. The Morgan fingerprint density at radius 1 is 0.781 bits per heavy atom. The summed E-state index contributed by atoms with van der Waals surface area (Å²) in [6.45, 7) is 11.1. The number of amides is 1. The van der Waals surface area contributed by atoms with E-state index in [1.807, 2.05) is 78.9 Å². The number of hydrogen-bond donors (Lipinski definition) is 2. The molecular formula is C58H84N5O9P. The van der Waals surface area contributed by atoms with Gasteiger partial charge < -0.3 is 33.3 Å². The standard InChI is InChI=1S/C58H84N5O9P/c1-8-9-10-11-12-13-14-15-16-17-18-19-23-29-53(64)60-40-24-28-51-55(72-73(70-42-25-39-59)63(44(2)3)45(4)5)52(71-56(51)62-41-38-54(65)61-57(62)66)43-69-58(46-26-21-20-22-27-46,47-30-34-49(67-6)35-31-47)48-32-36-50(68-7)37-33-48/h20-22,26-27,30-38,41,44-45,51-52,55-56H,8-19,23-25,28-29,40,42-43H2,1-7H3,(H,60,64)(H,61,65,66)/t51-,52-,55+,56-,73?/m1/s1. The van der Waals surface area contributed by atoms with Gasteiger partial charge in [-0.15, -0.1) is 0 Å². The second-order valence-corrected chi connectivity index (χ2v) is 21.1. The molecule has 5 atom stereocenters. The van der Waals surface area contributed by atoms with Crippen LogP contribution in [0.3, 0.4) is 0 Å². The molecule has 400 valence electrons. The molecule has 5 rings (SSSR count). The minimum Gasteiger partial charge on any atom is -0.497 e. The molecule has 0 aliphatic carbocycles. The van der Waals surface area contributed by atoms with Crippen LogP contribution in [-0.4, -0.2) is 78.4 Å². The number of carbonyl (C=O) groups excluding carboxylic acids is 1. The first-order chi connectivity index (χ1) is 35.5. The number of nitrogens with zero attached hydrogens (tertiary/aromatic N) is 3. The van der Waals surface area contributed by atoms with Crippen molar-refractivity contribution in [3.05, 3.63) is 129 Å². The van der Waals surface area contributed by atoms with Crippen molar-refractivity contribution in [1.29, 1.82) is 5.26 Å². The van der Waals surface area contributed by atoms with E-state index in [0.29, 0.717) is 37.3 Å². The molecule has 0 saturated carbocycles. The largest absolute Gasteiger partial charge is 0.497 e. The molecule has 2 N–H and O–H groups in total. The van der Waals surface area contributed by atoms with Crippen LogP contribution < -0.4 is 26.0 Å². The molecule has 1 unspecified atom stereocenters. The molecule has 0 bridgehead atoms. The molecule has 0 spiro atoms. The van der Waals surface area contributed by atoms with Crippen LogP contribution in [0.5, 0.6) is 11.5 Å². The lowest BCUT2D eigenvalue weighted by atomic mass is 9.80. The summed E-state index contributed by atoms with van der Waals surface area (Å²) in [5.74, 6) is 0.899. The van der Waals surface area contributed by atoms with E-state index in [2.05, 4.69) is 55.7 Å². The van der Waals surface area contributed by atoms with Crippen LogP contribution in [-0.2, 0) is 28.9 Å². The number of hydrogen-bond acceptors (Lipinski definition) is 11. The van der Waals surface area contributed by atoms with Crippen molar-refractivity contribution < 1.29 is 32.8 Å². The van der Waals surface area contributed by atoms with Gasteiger partial charge in [0.05, 0.1) is 39.9 Å². The fourth-order valence-corrected chi connectivity index (χ4v) is 11.7.